The molecule has 0 fully saturated rings. The van der Waals surface area contributed by atoms with Gasteiger partial charge in [-0.1, -0.05) is 86.1 Å². The van der Waals surface area contributed by atoms with Crippen molar-refractivity contribution in [3.05, 3.63) is 239 Å². The molecule has 0 aromatic heterocycles. The summed E-state index contributed by atoms with van der Waals surface area (Å²) in [7, 11) is 0. The second kappa shape index (κ2) is 15.7. The third kappa shape index (κ3) is 7.61. The summed E-state index contributed by atoms with van der Waals surface area (Å²) < 4.78 is 27.7. The lowest BCUT2D eigenvalue weighted by Crippen LogP contribution is -2.16. The topological polar surface area (TPSA) is 6.48 Å². The summed E-state index contributed by atoms with van der Waals surface area (Å²) in [6, 6.07) is 62.6. The zero-order chi connectivity index (χ0) is 40.3. The first-order valence-corrected chi connectivity index (χ1v) is 19.6. The summed E-state index contributed by atoms with van der Waals surface area (Å²) >= 11 is 0. The Labute approximate surface area is 344 Å². The van der Waals surface area contributed by atoms with Crippen LogP contribution in [0.15, 0.2) is 194 Å². The van der Waals surface area contributed by atoms with Crippen molar-refractivity contribution in [2.45, 2.75) is 19.3 Å². The molecule has 8 aromatic rings. The van der Waals surface area contributed by atoms with Crippen molar-refractivity contribution in [2.75, 3.05) is 9.80 Å². The summed E-state index contributed by atoms with van der Waals surface area (Å²) in [5.74, 6) is 12.8. The number of hydrogen-bond donors (Lipinski definition) is 0. The summed E-state index contributed by atoms with van der Waals surface area (Å²) in [4.78, 5) is 4.26. The molecule has 1 aliphatic carbocycles. The maximum absolute atomic E-state index is 13.9. The molecule has 1 aliphatic rings. The zero-order valence-corrected chi connectivity index (χ0v) is 32.6. The minimum Gasteiger partial charge on any atom is -0.311 e. The number of hydrogen-bond acceptors (Lipinski definition) is 2. The lowest BCUT2D eigenvalue weighted by Gasteiger charge is -2.28. The average molecular weight is 765 g/mol. The Morgan fingerprint density at radius 1 is 0.339 bits per heavy atom. The molecule has 8 aromatic carbocycles. The van der Waals surface area contributed by atoms with E-state index in [1.54, 1.807) is 12.1 Å². The van der Waals surface area contributed by atoms with E-state index in [-0.39, 0.29) is 17.0 Å². The summed E-state index contributed by atoms with van der Waals surface area (Å²) in [6.45, 7) is 4.54. The first kappa shape index (κ1) is 36.9. The molecule has 0 N–H and O–H groups in total. The van der Waals surface area contributed by atoms with Crippen LogP contribution in [0.25, 0.3) is 11.1 Å². The fourth-order valence-corrected chi connectivity index (χ4v) is 7.79. The van der Waals surface area contributed by atoms with Gasteiger partial charge in [0.15, 0.2) is 0 Å². The van der Waals surface area contributed by atoms with Crippen LogP contribution in [-0.2, 0) is 5.41 Å². The van der Waals surface area contributed by atoms with Crippen LogP contribution in [0.5, 0.6) is 0 Å². The molecule has 0 heterocycles. The van der Waals surface area contributed by atoms with E-state index in [0.29, 0.717) is 0 Å². The van der Waals surface area contributed by atoms with Gasteiger partial charge >= 0.3 is 0 Å². The molecule has 0 spiro atoms. The van der Waals surface area contributed by atoms with Crippen LogP contribution in [0.4, 0.5) is 42.9 Å². The van der Waals surface area contributed by atoms with Crippen molar-refractivity contribution in [3.8, 4) is 34.8 Å². The molecule has 2 nitrogen and oxygen atoms in total. The van der Waals surface area contributed by atoms with Gasteiger partial charge < -0.3 is 9.80 Å². The normalized spacial score (nSPS) is 11.9. The Balaban J connectivity index is 0.916. The Morgan fingerprint density at radius 3 is 1.14 bits per heavy atom. The maximum Gasteiger partial charge on any atom is 0.123 e. The second-order valence-corrected chi connectivity index (χ2v) is 15.0. The van der Waals surface area contributed by atoms with E-state index >= 15 is 0 Å². The molecule has 282 valence electrons. The molecule has 0 saturated carbocycles. The van der Waals surface area contributed by atoms with Gasteiger partial charge in [0.1, 0.15) is 11.6 Å². The minimum atomic E-state index is -0.268. The van der Waals surface area contributed by atoms with Gasteiger partial charge in [0, 0.05) is 61.8 Å². The van der Waals surface area contributed by atoms with Crippen LogP contribution in [0.2, 0.25) is 0 Å². The van der Waals surface area contributed by atoms with E-state index in [2.05, 4.69) is 95.9 Å². The fraction of sp³-hybridized carbons (Fsp3) is 0.0545. The van der Waals surface area contributed by atoms with E-state index in [4.69, 9.17) is 0 Å². The largest absolute Gasteiger partial charge is 0.311 e. The van der Waals surface area contributed by atoms with Crippen LogP contribution < -0.4 is 9.80 Å². The summed E-state index contributed by atoms with van der Waals surface area (Å²) in [6.07, 6.45) is 0. The molecular weight excluding hydrogens is 727 g/mol. The zero-order valence-electron chi connectivity index (χ0n) is 32.6. The maximum atomic E-state index is 13.9. The van der Waals surface area contributed by atoms with E-state index in [9.17, 15) is 8.78 Å². The molecule has 59 heavy (non-hydrogen) atoms. The number of rotatable bonds is 6. The Kier molecular flexibility index (Phi) is 9.83. The Hall–Kier alpha value is -7.66. The molecule has 0 bridgehead atoms. The van der Waals surface area contributed by atoms with Gasteiger partial charge in [0.2, 0.25) is 0 Å². The lowest BCUT2D eigenvalue weighted by atomic mass is 9.82. The van der Waals surface area contributed by atoms with Gasteiger partial charge in [-0.25, -0.2) is 8.78 Å². The van der Waals surface area contributed by atoms with E-state index in [1.807, 2.05) is 109 Å². The highest BCUT2D eigenvalue weighted by atomic mass is 19.1. The highest BCUT2D eigenvalue weighted by Gasteiger charge is 2.36. The predicted molar refractivity (Wildman–Crippen MR) is 238 cm³/mol. The average Bonchev–Trinajstić information content (AvgIpc) is 3.50. The number of benzene rings is 8. The summed E-state index contributed by atoms with van der Waals surface area (Å²) in [5, 5.41) is 0. The molecular formula is C55H38F2N2. The van der Waals surface area contributed by atoms with Gasteiger partial charge in [0.25, 0.3) is 0 Å². The monoisotopic (exact) mass is 764 g/mol. The van der Waals surface area contributed by atoms with Crippen LogP contribution in [-0.4, -0.2) is 0 Å². The molecule has 0 radical (unpaired) electrons. The molecule has 9 rings (SSSR count). The number of fused-ring (bicyclic) bond motifs is 3. The first-order valence-electron chi connectivity index (χ1n) is 19.6. The van der Waals surface area contributed by atoms with E-state index in [0.717, 1.165) is 56.4 Å². The van der Waals surface area contributed by atoms with Gasteiger partial charge in [-0.2, -0.15) is 0 Å². The molecule has 0 aliphatic heterocycles. The van der Waals surface area contributed by atoms with E-state index < -0.39 is 0 Å². The van der Waals surface area contributed by atoms with Gasteiger partial charge in [-0.3, -0.25) is 0 Å². The van der Waals surface area contributed by atoms with Crippen LogP contribution in [0, 0.1) is 35.3 Å². The lowest BCUT2D eigenvalue weighted by molar-refractivity contribution is 0.627. The van der Waals surface area contributed by atoms with Gasteiger partial charge in [-0.05, 0) is 168 Å². The smallest absolute Gasteiger partial charge is 0.123 e. The predicted octanol–water partition coefficient (Wildman–Crippen LogP) is 14.0. The summed E-state index contributed by atoms with van der Waals surface area (Å²) in [5.41, 5.74) is 14.0. The molecule has 0 atom stereocenters. The molecule has 0 amide bonds. The Morgan fingerprint density at radius 2 is 0.661 bits per heavy atom. The van der Waals surface area contributed by atoms with Crippen LogP contribution in [0.3, 0.4) is 0 Å². The fourth-order valence-electron chi connectivity index (χ4n) is 7.79. The van der Waals surface area contributed by atoms with Crippen molar-refractivity contribution in [3.63, 3.8) is 0 Å². The quantitative estimate of drug-likeness (QED) is 0.156. The number of anilines is 6. The highest BCUT2D eigenvalue weighted by Crippen LogP contribution is 2.51. The first-order chi connectivity index (χ1) is 28.8. The number of para-hydroxylation sites is 2. The minimum absolute atomic E-state index is 0.256. The molecule has 0 saturated heterocycles. The van der Waals surface area contributed by atoms with Crippen LogP contribution in [0.1, 0.15) is 47.2 Å². The van der Waals surface area contributed by atoms with Gasteiger partial charge in [0.05, 0.1) is 0 Å². The van der Waals surface area contributed by atoms with Crippen molar-refractivity contribution < 1.29 is 8.78 Å². The highest BCUT2D eigenvalue weighted by molar-refractivity contribution is 5.86. The van der Waals surface area contributed by atoms with Crippen molar-refractivity contribution in [1.29, 1.82) is 0 Å². The van der Waals surface area contributed by atoms with Gasteiger partial charge in [-0.15, -0.1) is 0 Å². The third-order valence-corrected chi connectivity index (χ3v) is 10.8. The third-order valence-electron chi connectivity index (χ3n) is 10.8. The molecule has 4 heteroatoms. The van der Waals surface area contributed by atoms with E-state index in [1.165, 1.54) is 46.5 Å². The standard InChI is InChI=1S/C55H38F2N2/c1-55(2)53-37-42(23-35-51(53)52-36-34-50(38-54(52)55)59(46-11-7-4-8-12-46)49-32-26-44(57)27-33-49)20-19-40-15-13-39(14-16-40)17-18-41-21-28-47(29-22-41)58(45-9-5-3-6-10-45)48-30-24-43(56)25-31-48/h3-16,21-38H,1-2H3. The molecule has 0 unspecified atom stereocenters. The Bertz CT molecular complexity index is 2900. The SMILES string of the molecule is CC1(C)c2cc(C#Cc3ccc(C#Cc4ccc(N(c5ccccc5)c5ccc(F)cc5)cc4)cc3)ccc2-c2ccc(N(c3ccccc3)c3ccc(F)cc3)cc21. The second-order valence-electron chi connectivity index (χ2n) is 15.0. The van der Waals surface area contributed by atoms with Crippen molar-refractivity contribution in [2.24, 2.45) is 0 Å². The van der Waals surface area contributed by atoms with Crippen molar-refractivity contribution >= 4 is 34.1 Å². The van der Waals surface area contributed by atoms with Crippen molar-refractivity contribution in [1.82, 2.24) is 0 Å². The number of nitrogens with zero attached hydrogens (tertiary/aromatic N) is 2. The number of halogens is 2. The van der Waals surface area contributed by atoms with Crippen LogP contribution >= 0.6 is 0 Å².